The molecule has 0 amide bonds. The molecular formula is C10H14N2S. The summed E-state index contributed by atoms with van der Waals surface area (Å²) in [5.41, 5.74) is 1.45. The molecule has 13 heavy (non-hydrogen) atoms. The van der Waals surface area contributed by atoms with Crippen LogP contribution in [0.15, 0.2) is 11.4 Å². The van der Waals surface area contributed by atoms with Crippen LogP contribution in [0.4, 0.5) is 10.7 Å². The number of fused-ring (bicyclic) bond motifs is 3. The third-order valence-corrected chi connectivity index (χ3v) is 3.94. The SMILES string of the molecule is c1cc2c(s1)NCC1CCCCN21. The second-order valence-corrected chi connectivity index (χ2v) is 4.77. The van der Waals surface area contributed by atoms with E-state index in [1.807, 2.05) is 11.3 Å². The highest BCUT2D eigenvalue weighted by molar-refractivity contribution is 7.14. The van der Waals surface area contributed by atoms with Gasteiger partial charge in [0.1, 0.15) is 5.00 Å². The van der Waals surface area contributed by atoms with Crippen molar-refractivity contribution in [2.24, 2.45) is 0 Å². The van der Waals surface area contributed by atoms with Crippen molar-refractivity contribution in [2.45, 2.75) is 25.3 Å². The summed E-state index contributed by atoms with van der Waals surface area (Å²) in [5.74, 6) is 0. The number of thiophene rings is 1. The zero-order valence-electron chi connectivity index (χ0n) is 7.62. The number of hydrogen-bond donors (Lipinski definition) is 1. The van der Waals surface area contributed by atoms with Gasteiger partial charge >= 0.3 is 0 Å². The largest absolute Gasteiger partial charge is 0.373 e. The van der Waals surface area contributed by atoms with Crippen LogP contribution in [-0.2, 0) is 0 Å². The third kappa shape index (κ3) is 1.14. The van der Waals surface area contributed by atoms with Gasteiger partial charge in [0.05, 0.1) is 5.69 Å². The highest BCUT2D eigenvalue weighted by Crippen LogP contribution is 2.38. The quantitative estimate of drug-likeness (QED) is 0.682. The summed E-state index contributed by atoms with van der Waals surface area (Å²) in [5, 5.41) is 7.08. The van der Waals surface area contributed by atoms with E-state index in [-0.39, 0.29) is 0 Å². The Bertz CT molecular complexity index is 308. The van der Waals surface area contributed by atoms with Gasteiger partial charge in [-0.25, -0.2) is 0 Å². The molecule has 0 aliphatic carbocycles. The van der Waals surface area contributed by atoms with Crippen LogP contribution in [0.3, 0.4) is 0 Å². The number of piperidine rings is 1. The first-order valence-corrected chi connectivity index (χ1v) is 5.91. The van der Waals surface area contributed by atoms with Crippen LogP contribution in [0.2, 0.25) is 0 Å². The van der Waals surface area contributed by atoms with Crippen LogP contribution in [0, 0.1) is 0 Å². The van der Waals surface area contributed by atoms with Gasteiger partial charge in [-0.1, -0.05) is 0 Å². The second kappa shape index (κ2) is 2.91. The molecule has 2 aliphatic heterocycles. The van der Waals surface area contributed by atoms with Gasteiger partial charge in [0, 0.05) is 19.1 Å². The van der Waals surface area contributed by atoms with E-state index in [2.05, 4.69) is 21.7 Å². The smallest absolute Gasteiger partial charge is 0.112 e. The summed E-state index contributed by atoms with van der Waals surface area (Å²) in [6, 6.07) is 3.01. The summed E-state index contributed by atoms with van der Waals surface area (Å²) < 4.78 is 0. The molecule has 2 nitrogen and oxygen atoms in total. The van der Waals surface area contributed by atoms with E-state index in [0.29, 0.717) is 0 Å². The molecule has 0 saturated carbocycles. The fraction of sp³-hybridized carbons (Fsp3) is 0.600. The lowest BCUT2D eigenvalue weighted by Crippen LogP contribution is -2.46. The lowest BCUT2D eigenvalue weighted by Gasteiger charge is -2.41. The Balaban J connectivity index is 1.97. The van der Waals surface area contributed by atoms with Gasteiger partial charge in [-0.2, -0.15) is 0 Å². The summed E-state index contributed by atoms with van der Waals surface area (Å²) >= 11 is 1.83. The minimum Gasteiger partial charge on any atom is -0.373 e. The summed E-state index contributed by atoms with van der Waals surface area (Å²) in [7, 11) is 0. The van der Waals surface area contributed by atoms with Gasteiger partial charge in [-0.05, 0) is 30.7 Å². The molecule has 3 heteroatoms. The maximum atomic E-state index is 3.52. The van der Waals surface area contributed by atoms with Crippen molar-refractivity contribution in [2.75, 3.05) is 23.3 Å². The van der Waals surface area contributed by atoms with Crippen molar-refractivity contribution in [1.82, 2.24) is 0 Å². The summed E-state index contributed by atoms with van der Waals surface area (Å²) in [6.07, 6.45) is 4.14. The number of nitrogens with one attached hydrogen (secondary N) is 1. The van der Waals surface area contributed by atoms with E-state index in [1.165, 1.54) is 36.5 Å². The summed E-state index contributed by atoms with van der Waals surface area (Å²) in [4.78, 5) is 2.59. The van der Waals surface area contributed by atoms with Gasteiger partial charge < -0.3 is 10.2 Å². The molecule has 70 valence electrons. The second-order valence-electron chi connectivity index (χ2n) is 3.86. The maximum absolute atomic E-state index is 3.52. The van der Waals surface area contributed by atoms with Gasteiger partial charge in [0.15, 0.2) is 0 Å². The van der Waals surface area contributed by atoms with Crippen molar-refractivity contribution >= 4 is 22.0 Å². The minimum atomic E-state index is 0.760. The van der Waals surface area contributed by atoms with Crippen molar-refractivity contribution in [3.05, 3.63) is 11.4 Å². The van der Waals surface area contributed by atoms with Crippen molar-refractivity contribution in [3.63, 3.8) is 0 Å². The van der Waals surface area contributed by atoms with Crippen LogP contribution in [0.25, 0.3) is 0 Å². The van der Waals surface area contributed by atoms with Crippen molar-refractivity contribution in [3.8, 4) is 0 Å². The Labute approximate surface area is 82.6 Å². The van der Waals surface area contributed by atoms with E-state index >= 15 is 0 Å². The van der Waals surface area contributed by atoms with Gasteiger partial charge in [-0.15, -0.1) is 11.3 Å². The Hall–Kier alpha value is -0.700. The Morgan fingerprint density at radius 2 is 2.46 bits per heavy atom. The topological polar surface area (TPSA) is 15.3 Å². The van der Waals surface area contributed by atoms with Crippen molar-refractivity contribution in [1.29, 1.82) is 0 Å². The average Bonchev–Trinajstić information content (AvgIpc) is 2.65. The molecule has 1 atom stereocenters. The highest BCUT2D eigenvalue weighted by Gasteiger charge is 2.28. The molecular weight excluding hydrogens is 180 g/mol. The van der Waals surface area contributed by atoms with E-state index < -0.39 is 0 Å². The molecule has 3 rings (SSSR count). The fourth-order valence-electron chi connectivity index (χ4n) is 2.40. The molecule has 1 aromatic rings. The van der Waals surface area contributed by atoms with Crippen LogP contribution in [0.5, 0.6) is 0 Å². The Morgan fingerprint density at radius 1 is 1.46 bits per heavy atom. The maximum Gasteiger partial charge on any atom is 0.112 e. The van der Waals surface area contributed by atoms with Crippen LogP contribution in [-0.4, -0.2) is 19.1 Å². The molecule has 0 bridgehead atoms. The normalized spacial score (nSPS) is 26.2. The number of nitrogens with zero attached hydrogens (tertiary/aromatic N) is 1. The van der Waals surface area contributed by atoms with Crippen LogP contribution in [0.1, 0.15) is 19.3 Å². The molecule has 1 unspecified atom stereocenters. The Morgan fingerprint density at radius 3 is 3.46 bits per heavy atom. The first kappa shape index (κ1) is 7.68. The Kier molecular flexibility index (Phi) is 1.72. The first-order valence-electron chi connectivity index (χ1n) is 5.03. The highest BCUT2D eigenvalue weighted by atomic mass is 32.1. The van der Waals surface area contributed by atoms with E-state index in [1.54, 1.807) is 0 Å². The number of rotatable bonds is 0. The third-order valence-electron chi connectivity index (χ3n) is 3.08. The minimum absolute atomic E-state index is 0.760. The van der Waals surface area contributed by atoms with E-state index in [4.69, 9.17) is 0 Å². The number of hydrogen-bond acceptors (Lipinski definition) is 3. The molecule has 1 N–H and O–H groups in total. The average molecular weight is 194 g/mol. The van der Waals surface area contributed by atoms with Gasteiger partial charge in [0.25, 0.3) is 0 Å². The lowest BCUT2D eigenvalue weighted by molar-refractivity contribution is 0.467. The zero-order valence-corrected chi connectivity index (χ0v) is 8.44. The molecule has 1 aromatic heterocycles. The van der Waals surface area contributed by atoms with Crippen LogP contribution >= 0.6 is 11.3 Å². The van der Waals surface area contributed by atoms with E-state index in [0.717, 1.165) is 12.6 Å². The molecule has 3 heterocycles. The molecule has 0 spiro atoms. The number of anilines is 2. The molecule has 0 aromatic carbocycles. The van der Waals surface area contributed by atoms with E-state index in [9.17, 15) is 0 Å². The first-order chi connectivity index (χ1) is 6.45. The molecule has 2 aliphatic rings. The molecule has 1 saturated heterocycles. The van der Waals surface area contributed by atoms with Crippen molar-refractivity contribution < 1.29 is 0 Å². The van der Waals surface area contributed by atoms with Gasteiger partial charge in [-0.3, -0.25) is 0 Å². The predicted molar refractivity (Wildman–Crippen MR) is 57.8 cm³/mol. The zero-order chi connectivity index (χ0) is 8.67. The standard InChI is InChI=1S/C10H14N2S/c1-2-5-12-8(3-1)7-11-10-9(12)4-6-13-10/h4,6,8,11H,1-3,5,7H2. The fourth-order valence-corrected chi connectivity index (χ4v) is 3.21. The predicted octanol–water partition coefficient (Wildman–Crippen LogP) is 2.53. The van der Waals surface area contributed by atoms with Crippen LogP contribution < -0.4 is 10.2 Å². The summed E-state index contributed by atoms with van der Waals surface area (Å²) in [6.45, 7) is 2.41. The monoisotopic (exact) mass is 194 g/mol. The lowest BCUT2D eigenvalue weighted by atomic mass is 10.00. The van der Waals surface area contributed by atoms with Gasteiger partial charge in [0.2, 0.25) is 0 Å². The molecule has 1 fully saturated rings. The molecule has 0 radical (unpaired) electrons.